The summed E-state index contributed by atoms with van der Waals surface area (Å²) in [6.07, 6.45) is 0.760. The number of amides is 1. The Kier molecular flexibility index (Phi) is 4.49. The van der Waals surface area contributed by atoms with Crippen LogP contribution in [0, 0.1) is 0 Å². The molecular weight excluding hydrogens is 385 g/mol. The first-order valence-corrected chi connectivity index (χ1v) is 9.57. The Morgan fingerprint density at radius 3 is 2.63 bits per heavy atom. The first-order chi connectivity index (χ1) is 12.8. The Bertz CT molecular complexity index is 900. The average molecular weight is 406 g/mol. The van der Waals surface area contributed by atoms with Gasteiger partial charge in [-0.05, 0) is 49.4 Å². The largest absolute Gasteiger partial charge is 0.417 e. The van der Waals surface area contributed by atoms with Crippen molar-refractivity contribution in [3.8, 4) is 5.75 Å². The lowest BCUT2D eigenvalue weighted by Crippen LogP contribution is -2.45. The van der Waals surface area contributed by atoms with Crippen LogP contribution in [0.5, 0.6) is 5.75 Å². The maximum atomic E-state index is 12.3. The number of anilines is 2. The molecule has 2 heterocycles. The fourth-order valence-corrected chi connectivity index (χ4v) is 4.96. The van der Waals surface area contributed by atoms with Crippen LogP contribution in [0.2, 0.25) is 10.0 Å². The molecule has 1 fully saturated rings. The van der Waals surface area contributed by atoms with E-state index >= 15 is 0 Å². The van der Waals surface area contributed by atoms with Crippen LogP contribution in [0.3, 0.4) is 0 Å². The van der Waals surface area contributed by atoms with Crippen LogP contribution in [0.25, 0.3) is 0 Å². The molecule has 0 aliphatic carbocycles. The van der Waals surface area contributed by atoms with Gasteiger partial charge in [0.25, 0.3) is 0 Å². The van der Waals surface area contributed by atoms with Gasteiger partial charge in [-0.1, -0.05) is 36.2 Å². The number of carbonyl (C=O) groups is 1. The van der Waals surface area contributed by atoms with Gasteiger partial charge in [0.1, 0.15) is 5.75 Å². The third-order valence-corrected chi connectivity index (χ3v) is 6.33. The van der Waals surface area contributed by atoms with Gasteiger partial charge in [-0.15, -0.1) is 0 Å². The van der Waals surface area contributed by atoms with E-state index in [4.69, 9.17) is 27.9 Å². The van der Waals surface area contributed by atoms with Crippen molar-refractivity contribution in [3.63, 3.8) is 0 Å². The van der Waals surface area contributed by atoms with Gasteiger partial charge in [0.2, 0.25) is 0 Å². The highest BCUT2D eigenvalue weighted by Gasteiger charge is 2.52. The quantitative estimate of drug-likeness (QED) is 0.765. The second-order valence-corrected chi connectivity index (χ2v) is 8.24. The van der Waals surface area contributed by atoms with E-state index < -0.39 is 6.09 Å². The Labute approximate surface area is 168 Å². The van der Waals surface area contributed by atoms with Crippen molar-refractivity contribution in [2.75, 3.05) is 30.9 Å². The second-order valence-electron chi connectivity index (χ2n) is 7.42. The normalized spacial score (nSPS) is 23.9. The summed E-state index contributed by atoms with van der Waals surface area (Å²) in [7, 11) is 4.26. The number of rotatable bonds is 2. The zero-order valence-corrected chi connectivity index (χ0v) is 16.9. The number of nitrogens with zero attached hydrogens (tertiary/aromatic N) is 2. The van der Waals surface area contributed by atoms with Crippen LogP contribution in [-0.2, 0) is 5.41 Å². The molecule has 0 radical (unpaired) electrons. The van der Waals surface area contributed by atoms with Crippen LogP contribution in [0.1, 0.15) is 18.9 Å². The summed E-state index contributed by atoms with van der Waals surface area (Å²) in [6, 6.07) is 10.8. The van der Waals surface area contributed by atoms with Crippen LogP contribution >= 0.6 is 23.2 Å². The number of hydrogen-bond donors (Lipinski definition) is 1. The number of halogens is 2. The van der Waals surface area contributed by atoms with Gasteiger partial charge in [-0.3, -0.25) is 10.2 Å². The molecule has 2 aliphatic heterocycles. The molecule has 0 aromatic heterocycles. The lowest BCUT2D eigenvalue weighted by atomic mass is 9.81. The summed E-state index contributed by atoms with van der Waals surface area (Å²) in [6.45, 7) is 3.32. The summed E-state index contributed by atoms with van der Waals surface area (Å²) < 4.78 is 5.51. The van der Waals surface area contributed by atoms with Crippen LogP contribution in [-0.4, -0.2) is 37.8 Å². The Morgan fingerprint density at radius 1 is 1.22 bits per heavy atom. The standard InChI is InChI=1S/C20H21Cl2N3O2/c1-20-9-10-24(2)18(20)25(3)16-8-7-12(11-13(16)20)27-19(26)23-17-14(21)5-4-6-15(17)22/h4-8,11,18H,9-10H2,1-3H3,(H,23,26)/t18?,20-/m0/s1. The van der Waals surface area contributed by atoms with Crippen molar-refractivity contribution < 1.29 is 9.53 Å². The molecular formula is C20H21Cl2N3O2. The molecule has 4 rings (SSSR count). The maximum Gasteiger partial charge on any atom is 0.417 e. The van der Waals surface area contributed by atoms with Gasteiger partial charge < -0.3 is 9.64 Å². The molecule has 27 heavy (non-hydrogen) atoms. The average Bonchev–Trinajstić information content (AvgIpc) is 3.04. The second kappa shape index (κ2) is 6.59. The van der Waals surface area contributed by atoms with Gasteiger partial charge in [-0.25, -0.2) is 4.79 Å². The fourth-order valence-electron chi connectivity index (χ4n) is 4.47. The Morgan fingerprint density at radius 2 is 1.93 bits per heavy atom. The maximum absolute atomic E-state index is 12.3. The molecule has 0 bridgehead atoms. The first-order valence-electron chi connectivity index (χ1n) is 8.82. The minimum atomic E-state index is -0.624. The van der Waals surface area contributed by atoms with Crippen molar-refractivity contribution in [1.82, 2.24) is 4.90 Å². The SMILES string of the molecule is CN1CC[C@@]2(C)c3cc(OC(=O)Nc4c(Cl)cccc4Cl)ccc3N(C)C12. The van der Waals surface area contributed by atoms with Gasteiger partial charge in [-0.2, -0.15) is 0 Å². The van der Waals surface area contributed by atoms with E-state index in [1.54, 1.807) is 18.2 Å². The van der Waals surface area contributed by atoms with Gasteiger partial charge in [0.05, 0.1) is 21.9 Å². The molecule has 2 aromatic carbocycles. The third kappa shape index (κ3) is 2.94. The Hall–Kier alpha value is -1.95. The minimum absolute atomic E-state index is 0.0146. The predicted molar refractivity (Wildman–Crippen MR) is 109 cm³/mol. The van der Waals surface area contributed by atoms with Crippen molar-refractivity contribution in [2.24, 2.45) is 0 Å². The summed E-state index contributed by atoms with van der Waals surface area (Å²) >= 11 is 12.2. The molecule has 7 heteroatoms. The molecule has 2 aromatic rings. The zero-order chi connectivity index (χ0) is 19.3. The number of fused-ring (bicyclic) bond motifs is 3. The molecule has 5 nitrogen and oxygen atoms in total. The number of hydrogen-bond acceptors (Lipinski definition) is 4. The number of carbonyl (C=O) groups excluding carboxylic acids is 1. The van der Waals surface area contributed by atoms with E-state index in [0.29, 0.717) is 27.6 Å². The zero-order valence-electron chi connectivity index (χ0n) is 15.4. The first kappa shape index (κ1) is 18.4. The number of ether oxygens (including phenoxy) is 1. The van der Waals surface area contributed by atoms with Crippen LogP contribution in [0.15, 0.2) is 36.4 Å². The lowest BCUT2D eigenvalue weighted by Gasteiger charge is -2.32. The topological polar surface area (TPSA) is 44.8 Å². The van der Waals surface area contributed by atoms with E-state index in [1.165, 1.54) is 11.3 Å². The number of likely N-dealkylation sites (N-methyl/N-ethyl adjacent to an activating group) is 2. The van der Waals surface area contributed by atoms with Gasteiger partial charge >= 0.3 is 6.09 Å². The van der Waals surface area contributed by atoms with E-state index in [-0.39, 0.29) is 5.41 Å². The van der Waals surface area contributed by atoms with E-state index in [9.17, 15) is 4.79 Å². The molecule has 0 saturated carbocycles. The molecule has 1 amide bonds. The predicted octanol–water partition coefficient (Wildman–Crippen LogP) is 4.97. The van der Waals surface area contributed by atoms with Crippen molar-refractivity contribution in [1.29, 1.82) is 0 Å². The van der Waals surface area contributed by atoms with Gasteiger partial charge in [0.15, 0.2) is 0 Å². The molecule has 0 spiro atoms. The third-order valence-electron chi connectivity index (χ3n) is 5.70. The highest BCUT2D eigenvalue weighted by Crippen LogP contribution is 2.51. The van der Waals surface area contributed by atoms with E-state index in [1.807, 2.05) is 18.2 Å². The fraction of sp³-hybridized carbons (Fsp3) is 0.350. The molecule has 2 atom stereocenters. The van der Waals surface area contributed by atoms with Crippen molar-refractivity contribution >= 4 is 40.7 Å². The van der Waals surface area contributed by atoms with Crippen molar-refractivity contribution in [2.45, 2.75) is 24.9 Å². The number of nitrogens with one attached hydrogen (secondary N) is 1. The molecule has 2 aliphatic rings. The minimum Gasteiger partial charge on any atom is -0.410 e. The summed E-state index contributed by atoms with van der Waals surface area (Å²) in [5, 5.41) is 3.34. The molecule has 1 N–H and O–H groups in total. The van der Waals surface area contributed by atoms with Crippen LogP contribution < -0.4 is 15.0 Å². The van der Waals surface area contributed by atoms with Crippen LogP contribution in [0.4, 0.5) is 16.2 Å². The Balaban J connectivity index is 1.57. The summed E-state index contributed by atoms with van der Waals surface area (Å²) in [5.41, 5.74) is 2.74. The monoisotopic (exact) mass is 405 g/mol. The lowest BCUT2D eigenvalue weighted by molar-refractivity contribution is 0.215. The molecule has 1 unspecified atom stereocenters. The molecule has 142 valence electrons. The van der Waals surface area contributed by atoms with E-state index in [2.05, 4.69) is 36.1 Å². The van der Waals surface area contributed by atoms with Crippen molar-refractivity contribution in [3.05, 3.63) is 52.0 Å². The number of likely N-dealkylation sites (tertiary alicyclic amines) is 1. The number of benzene rings is 2. The summed E-state index contributed by atoms with van der Waals surface area (Å²) in [4.78, 5) is 17.0. The highest BCUT2D eigenvalue weighted by molar-refractivity contribution is 6.39. The number of para-hydroxylation sites is 1. The smallest absolute Gasteiger partial charge is 0.410 e. The van der Waals surface area contributed by atoms with Gasteiger partial charge in [0, 0.05) is 24.7 Å². The highest BCUT2D eigenvalue weighted by atomic mass is 35.5. The van der Waals surface area contributed by atoms with E-state index in [0.717, 1.165) is 13.0 Å². The summed E-state index contributed by atoms with van der Waals surface area (Å²) in [5.74, 6) is 0.499. The molecule has 1 saturated heterocycles.